The number of hydrogen-bond donors (Lipinski definition) is 0. The fourth-order valence-electron chi connectivity index (χ4n) is 6.57. The van der Waals surface area contributed by atoms with Gasteiger partial charge in [0.15, 0.2) is 10.8 Å². The molecule has 0 aromatic rings. The minimum Gasteiger partial charge on any atom is -0.385 e. The lowest BCUT2D eigenvalue weighted by Gasteiger charge is -2.27. The Balaban J connectivity index is 4.03. The minimum atomic E-state index is -3.49. The van der Waals surface area contributed by atoms with Crippen LogP contribution in [0.25, 0.3) is 0 Å². The average Bonchev–Trinajstić information content (AvgIpc) is 3.04. The first-order valence-corrected chi connectivity index (χ1v) is 22.2. The molecule has 268 valence electrons. The Bertz CT molecular complexity index is 584. The Morgan fingerprint density at radius 1 is 0.333 bits per heavy atom. The van der Waals surface area contributed by atoms with Crippen molar-refractivity contribution in [2.75, 3.05) is 13.2 Å². The molecule has 0 spiro atoms. The summed E-state index contributed by atoms with van der Waals surface area (Å²) in [5, 5.41) is -0.0706. The Kier molecular flexibility index (Phi) is 34.4. The molecule has 0 aliphatic rings. The molecule has 0 heterocycles. The van der Waals surface area contributed by atoms with E-state index in [2.05, 4.69) is 13.8 Å². The molecule has 0 atom stereocenters. The second-order valence-electron chi connectivity index (χ2n) is 13.7. The van der Waals surface area contributed by atoms with Crippen LogP contribution in [-0.4, -0.2) is 32.6 Å². The summed E-state index contributed by atoms with van der Waals surface area (Å²) < 4.78 is 11.9. The van der Waals surface area contributed by atoms with Crippen LogP contribution in [0.2, 0.25) is 0 Å². The van der Waals surface area contributed by atoms with Crippen LogP contribution in [0.4, 0.5) is 0 Å². The molecule has 0 amide bonds. The number of hydrogen-bond acceptors (Lipinski definition) is 4. The third-order valence-corrected chi connectivity index (χ3v) is 12.8. The number of unbranched alkanes of at least 4 members (excludes halogenated alkanes) is 28. The maximum absolute atomic E-state index is 13.4. The van der Waals surface area contributed by atoms with Gasteiger partial charge in [-0.25, -0.2) is 0 Å². The number of rotatable bonds is 38. The van der Waals surface area contributed by atoms with E-state index < -0.39 is 8.56 Å². The highest BCUT2D eigenvalue weighted by atomic mass is 28.4. The molecule has 0 aromatic heterocycles. The summed E-state index contributed by atoms with van der Waals surface area (Å²) in [6.07, 6.45) is 39.9. The smallest absolute Gasteiger partial charge is 0.385 e. The molecule has 0 saturated carbocycles. The highest BCUT2D eigenvalue weighted by Gasteiger charge is 2.52. The van der Waals surface area contributed by atoms with E-state index >= 15 is 0 Å². The minimum absolute atomic E-state index is 0.0353. The maximum Gasteiger partial charge on any atom is 0.480 e. The molecule has 0 saturated heterocycles. The predicted molar refractivity (Wildman–Crippen MR) is 198 cm³/mol. The van der Waals surface area contributed by atoms with E-state index in [1.165, 1.54) is 167 Å². The summed E-state index contributed by atoms with van der Waals surface area (Å²) >= 11 is 0. The summed E-state index contributed by atoms with van der Waals surface area (Å²) in [6, 6.07) is 0. The van der Waals surface area contributed by atoms with E-state index in [1.54, 1.807) is 0 Å². The van der Waals surface area contributed by atoms with Gasteiger partial charge < -0.3 is 8.85 Å². The highest BCUT2D eigenvalue weighted by Crippen LogP contribution is 2.21. The van der Waals surface area contributed by atoms with Crippen molar-refractivity contribution in [2.24, 2.45) is 0 Å². The van der Waals surface area contributed by atoms with Crippen LogP contribution in [0.3, 0.4) is 0 Å². The average molecular weight is 653 g/mol. The van der Waals surface area contributed by atoms with Crippen molar-refractivity contribution in [3.05, 3.63) is 0 Å². The van der Waals surface area contributed by atoms with Crippen molar-refractivity contribution in [3.63, 3.8) is 0 Å². The molecule has 0 bridgehead atoms. The fraction of sp³-hybridized carbons (Fsp3) is 0.950. The van der Waals surface area contributed by atoms with Crippen LogP contribution < -0.4 is 0 Å². The molecule has 0 radical (unpaired) electrons. The van der Waals surface area contributed by atoms with Gasteiger partial charge in [0.2, 0.25) is 0 Å². The van der Waals surface area contributed by atoms with Gasteiger partial charge in [-0.05, 0) is 26.7 Å². The Morgan fingerprint density at radius 3 is 0.733 bits per heavy atom. The zero-order valence-corrected chi connectivity index (χ0v) is 32.2. The molecular formula is C40H80O4Si. The number of carbonyl (C=O) groups is 2. The maximum atomic E-state index is 13.4. The van der Waals surface area contributed by atoms with Crippen molar-refractivity contribution in [1.82, 2.24) is 0 Å². The van der Waals surface area contributed by atoms with Crippen molar-refractivity contribution in [2.45, 2.75) is 233 Å². The molecule has 0 unspecified atom stereocenters. The van der Waals surface area contributed by atoms with Gasteiger partial charge in [0, 0.05) is 26.1 Å². The summed E-state index contributed by atoms with van der Waals surface area (Å²) in [5.41, 5.74) is 0. The molecule has 0 aromatic carbocycles. The Morgan fingerprint density at radius 2 is 0.533 bits per heavy atom. The molecule has 0 N–H and O–H groups in total. The second kappa shape index (κ2) is 34.8. The van der Waals surface area contributed by atoms with Crippen LogP contribution in [0.1, 0.15) is 233 Å². The lowest BCUT2D eigenvalue weighted by atomic mass is 10.0. The van der Waals surface area contributed by atoms with E-state index in [-0.39, 0.29) is 10.8 Å². The Hall–Kier alpha value is -0.523. The van der Waals surface area contributed by atoms with Crippen molar-refractivity contribution in [1.29, 1.82) is 0 Å². The SMILES string of the molecule is CCCCCCCCCCCCCCCCCC(=O)[Si](OCC)(OCC)C(=O)CCCCCCCCCCCCCCCCC. The molecule has 5 heteroatoms. The van der Waals surface area contributed by atoms with E-state index in [0.29, 0.717) is 26.1 Å². The molecular weight excluding hydrogens is 573 g/mol. The topological polar surface area (TPSA) is 52.6 Å². The van der Waals surface area contributed by atoms with Crippen molar-refractivity contribution >= 4 is 19.4 Å². The van der Waals surface area contributed by atoms with Gasteiger partial charge >= 0.3 is 8.56 Å². The van der Waals surface area contributed by atoms with E-state index in [1.807, 2.05) is 13.8 Å². The van der Waals surface area contributed by atoms with Crippen LogP contribution in [0.15, 0.2) is 0 Å². The van der Waals surface area contributed by atoms with Gasteiger partial charge in [0.25, 0.3) is 0 Å². The first kappa shape index (κ1) is 44.5. The molecule has 4 nitrogen and oxygen atoms in total. The fourth-order valence-corrected chi connectivity index (χ4v) is 9.43. The normalized spacial score (nSPS) is 11.8. The summed E-state index contributed by atoms with van der Waals surface area (Å²) in [7, 11) is -3.49. The highest BCUT2D eigenvalue weighted by molar-refractivity contribution is 7.17. The van der Waals surface area contributed by atoms with Crippen molar-refractivity contribution < 1.29 is 18.4 Å². The summed E-state index contributed by atoms with van der Waals surface area (Å²) in [5.74, 6) is 0. The second-order valence-corrected chi connectivity index (χ2v) is 16.7. The third-order valence-electron chi connectivity index (χ3n) is 9.44. The van der Waals surface area contributed by atoms with E-state index in [4.69, 9.17) is 8.85 Å². The van der Waals surface area contributed by atoms with Gasteiger partial charge in [-0.1, -0.05) is 194 Å². The van der Waals surface area contributed by atoms with E-state index in [9.17, 15) is 9.59 Å². The zero-order valence-electron chi connectivity index (χ0n) is 31.2. The van der Waals surface area contributed by atoms with Crippen molar-refractivity contribution in [3.8, 4) is 0 Å². The summed E-state index contributed by atoms with van der Waals surface area (Å²) in [6.45, 7) is 9.04. The van der Waals surface area contributed by atoms with Crippen LogP contribution in [-0.2, 0) is 18.4 Å². The monoisotopic (exact) mass is 653 g/mol. The molecule has 0 aliphatic heterocycles. The van der Waals surface area contributed by atoms with Gasteiger partial charge in [-0.2, -0.15) is 0 Å². The van der Waals surface area contributed by atoms with Gasteiger partial charge in [0.05, 0.1) is 0 Å². The first-order chi connectivity index (χ1) is 22.1. The lowest BCUT2D eigenvalue weighted by Crippen LogP contribution is -2.58. The van der Waals surface area contributed by atoms with Crippen LogP contribution in [0, 0.1) is 0 Å². The summed E-state index contributed by atoms with van der Waals surface area (Å²) in [4.78, 5) is 26.7. The van der Waals surface area contributed by atoms with Crippen LogP contribution in [0.5, 0.6) is 0 Å². The van der Waals surface area contributed by atoms with E-state index in [0.717, 1.165) is 25.7 Å². The number of carbonyl (C=O) groups excluding carboxylic acids is 2. The first-order valence-electron chi connectivity index (χ1n) is 20.4. The largest absolute Gasteiger partial charge is 0.480 e. The molecule has 0 rings (SSSR count). The third kappa shape index (κ3) is 26.2. The van der Waals surface area contributed by atoms with Gasteiger partial charge in [0.1, 0.15) is 0 Å². The Labute approximate surface area is 283 Å². The molecule has 0 aliphatic carbocycles. The van der Waals surface area contributed by atoms with Gasteiger partial charge in [-0.15, -0.1) is 0 Å². The molecule has 0 fully saturated rings. The standard InChI is InChI=1S/C40H80O4Si/c1-5-9-11-13-15-17-19-21-23-25-27-29-31-33-35-37-39(41)45(43-7-3,44-8-4)40(42)38-36-34-32-30-28-26-24-22-20-18-16-14-12-10-6-2/h5-38H2,1-4H3. The quantitative estimate of drug-likeness (QED) is 0.0492. The van der Waals surface area contributed by atoms with Gasteiger partial charge in [-0.3, -0.25) is 9.59 Å². The molecule has 45 heavy (non-hydrogen) atoms. The predicted octanol–water partition coefficient (Wildman–Crippen LogP) is 13.2. The lowest BCUT2D eigenvalue weighted by molar-refractivity contribution is -0.122. The van der Waals surface area contributed by atoms with Crippen LogP contribution >= 0.6 is 0 Å². The zero-order chi connectivity index (χ0) is 33.1.